The maximum Gasteiger partial charge on any atom is 0.265 e. The molecule has 0 radical (unpaired) electrons. The maximum absolute atomic E-state index is 13.1. The zero-order chi connectivity index (χ0) is 17.8. The van der Waals surface area contributed by atoms with Crippen LogP contribution < -0.4 is 10.1 Å². The fraction of sp³-hybridized carbons (Fsp3) is 0.294. The second kappa shape index (κ2) is 7.25. The monoisotopic (exact) mass is 344 g/mol. The van der Waals surface area contributed by atoms with Crippen LogP contribution in [0.25, 0.3) is 22.4 Å². The van der Waals surface area contributed by atoms with Crippen LogP contribution in [0.5, 0.6) is 5.88 Å². The molecule has 3 aromatic rings. The summed E-state index contributed by atoms with van der Waals surface area (Å²) in [7, 11) is 0. The lowest BCUT2D eigenvalue weighted by Gasteiger charge is -2.07. The number of carbonyl (C=O) groups excluding carboxylic acids is 1. The standard InChI is InChI=1S/C17H17FN4O3/c1-3-8-19-13(23)9-24-16-14-15(11-4-6-12(18)7-5-11)22-25-17(14)21-10(2)20-16/h4-7H,3,8-9H2,1-2H3,(H,19,23). The zero-order valence-corrected chi connectivity index (χ0v) is 13.9. The van der Waals surface area contributed by atoms with E-state index in [-0.39, 0.29) is 29.9 Å². The fourth-order valence-corrected chi connectivity index (χ4v) is 2.28. The largest absolute Gasteiger partial charge is 0.467 e. The van der Waals surface area contributed by atoms with Crippen molar-refractivity contribution in [3.05, 3.63) is 35.9 Å². The molecule has 0 aliphatic heterocycles. The third-order valence-corrected chi connectivity index (χ3v) is 3.44. The smallest absolute Gasteiger partial charge is 0.265 e. The first-order valence-electron chi connectivity index (χ1n) is 7.88. The van der Waals surface area contributed by atoms with E-state index in [1.54, 1.807) is 19.1 Å². The highest BCUT2D eigenvalue weighted by molar-refractivity contribution is 5.93. The van der Waals surface area contributed by atoms with E-state index < -0.39 is 0 Å². The van der Waals surface area contributed by atoms with Gasteiger partial charge in [0.25, 0.3) is 11.6 Å². The van der Waals surface area contributed by atoms with E-state index in [4.69, 9.17) is 9.26 Å². The molecule has 1 N–H and O–H groups in total. The lowest BCUT2D eigenvalue weighted by atomic mass is 10.1. The highest BCUT2D eigenvalue weighted by Gasteiger charge is 2.19. The number of benzene rings is 1. The van der Waals surface area contributed by atoms with Gasteiger partial charge in [-0.1, -0.05) is 12.1 Å². The van der Waals surface area contributed by atoms with E-state index in [9.17, 15) is 9.18 Å². The number of ether oxygens (including phenoxy) is 1. The highest BCUT2D eigenvalue weighted by Crippen LogP contribution is 2.33. The van der Waals surface area contributed by atoms with Crippen molar-refractivity contribution in [1.82, 2.24) is 20.4 Å². The summed E-state index contributed by atoms with van der Waals surface area (Å²) in [5.41, 5.74) is 1.31. The van der Waals surface area contributed by atoms with Gasteiger partial charge in [0.2, 0.25) is 5.88 Å². The minimum atomic E-state index is -0.354. The molecule has 8 heteroatoms. The van der Waals surface area contributed by atoms with Gasteiger partial charge in [0, 0.05) is 12.1 Å². The van der Waals surface area contributed by atoms with Crippen LogP contribution >= 0.6 is 0 Å². The predicted octanol–water partition coefficient (Wildman–Crippen LogP) is 2.64. The summed E-state index contributed by atoms with van der Waals surface area (Å²) in [4.78, 5) is 20.2. The van der Waals surface area contributed by atoms with Crippen LogP contribution in [0.1, 0.15) is 19.2 Å². The third kappa shape index (κ3) is 3.73. The van der Waals surface area contributed by atoms with Crippen LogP contribution in [0.4, 0.5) is 4.39 Å². The first-order valence-corrected chi connectivity index (χ1v) is 7.88. The van der Waals surface area contributed by atoms with Crippen LogP contribution in [-0.4, -0.2) is 34.2 Å². The van der Waals surface area contributed by atoms with Crippen molar-refractivity contribution < 1.29 is 18.4 Å². The molecular weight excluding hydrogens is 327 g/mol. The van der Waals surface area contributed by atoms with Gasteiger partial charge < -0.3 is 14.6 Å². The fourth-order valence-electron chi connectivity index (χ4n) is 2.28. The summed E-state index contributed by atoms with van der Waals surface area (Å²) < 4.78 is 24.0. The first kappa shape index (κ1) is 16.8. The summed E-state index contributed by atoms with van der Waals surface area (Å²) in [6.07, 6.45) is 0.836. The van der Waals surface area contributed by atoms with Gasteiger partial charge in [-0.2, -0.15) is 9.97 Å². The Hall–Kier alpha value is -3.03. The van der Waals surface area contributed by atoms with Crippen LogP contribution in [-0.2, 0) is 4.79 Å². The molecule has 0 aliphatic rings. The molecule has 1 amide bonds. The molecule has 0 atom stereocenters. The average molecular weight is 344 g/mol. The second-order valence-electron chi connectivity index (χ2n) is 5.43. The molecule has 3 rings (SSSR count). The average Bonchev–Trinajstić information content (AvgIpc) is 3.02. The van der Waals surface area contributed by atoms with Gasteiger partial charge in [0.05, 0.1) is 0 Å². The molecule has 0 saturated heterocycles. The zero-order valence-electron chi connectivity index (χ0n) is 13.9. The number of amides is 1. The molecule has 0 saturated carbocycles. The normalized spacial score (nSPS) is 10.8. The maximum atomic E-state index is 13.1. The van der Waals surface area contributed by atoms with Gasteiger partial charge >= 0.3 is 0 Å². The molecule has 2 heterocycles. The van der Waals surface area contributed by atoms with Crippen molar-refractivity contribution in [1.29, 1.82) is 0 Å². The number of nitrogens with zero attached hydrogens (tertiary/aromatic N) is 3. The number of aromatic nitrogens is 3. The Labute approximate surface area is 143 Å². The Bertz CT molecular complexity index is 893. The van der Waals surface area contributed by atoms with E-state index in [2.05, 4.69) is 20.4 Å². The number of hydrogen-bond acceptors (Lipinski definition) is 6. The van der Waals surface area contributed by atoms with Crippen molar-refractivity contribution in [2.24, 2.45) is 0 Å². The van der Waals surface area contributed by atoms with Crippen LogP contribution in [0.3, 0.4) is 0 Å². The van der Waals surface area contributed by atoms with Gasteiger partial charge in [0.15, 0.2) is 6.61 Å². The van der Waals surface area contributed by atoms with Crippen LogP contribution in [0.2, 0.25) is 0 Å². The number of halogens is 1. The molecule has 0 fully saturated rings. The van der Waals surface area contributed by atoms with Gasteiger partial charge in [-0.3, -0.25) is 4.79 Å². The van der Waals surface area contributed by atoms with Crippen LogP contribution in [0, 0.1) is 12.7 Å². The number of hydrogen-bond donors (Lipinski definition) is 1. The van der Waals surface area contributed by atoms with Crippen molar-refractivity contribution >= 4 is 17.0 Å². The van der Waals surface area contributed by atoms with E-state index in [0.29, 0.717) is 29.0 Å². The summed E-state index contributed by atoms with van der Waals surface area (Å²) in [5, 5.41) is 7.16. The van der Waals surface area contributed by atoms with E-state index in [1.165, 1.54) is 12.1 Å². The van der Waals surface area contributed by atoms with E-state index >= 15 is 0 Å². The minimum absolute atomic E-state index is 0.181. The Kier molecular flexibility index (Phi) is 4.87. The lowest BCUT2D eigenvalue weighted by Crippen LogP contribution is -2.29. The van der Waals surface area contributed by atoms with Crippen molar-refractivity contribution in [2.75, 3.05) is 13.2 Å². The Morgan fingerprint density at radius 1 is 1.28 bits per heavy atom. The van der Waals surface area contributed by atoms with Gasteiger partial charge in [0.1, 0.15) is 22.7 Å². The molecule has 0 spiro atoms. The molecule has 1 aromatic carbocycles. The van der Waals surface area contributed by atoms with Gasteiger partial charge in [-0.25, -0.2) is 4.39 Å². The van der Waals surface area contributed by atoms with Gasteiger partial charge in [-0.05, 0) is 37.6 Å². The second-order valence-corrected chi connectivity index (χ2v) is 5.43. The lowest BCUT2D eigenvalue weighted by molar-refractivity contribution is -0.123. The molecule has 0 bridgehead atoms. The number of carbonyl (C=O) groups is 1. The van der Waals surface area contributed by atoms with Crippen molar-refractivity contribution in [3.8, 4) is 17.1 Å². The third-order valence-electron chi connectivity index (χ3n) is 3.44. The molecule has 0 unspecified atom stereocenters. The summed E-state index contributed by atoms with van der Waals surface area (Å²) in [5.74, 6) is 0.0340. The van der Waals surface area contributed by atoms with Crippen LogP contribution in [0.15, 0.2) is 28.8 Å². The highest BCUT2D eigenvalue weighted by atomic mass is 19.1. The number of nitrogens with one attached hydrogen (secondary N) is 1. The van der Waals surface area contributed by atoms with Gasteiger partial charge in [-0.15, -0.1) is 0 Å². The quantitative estimate of drug-likeness (QED) is 0.739. The van der Waals surface area contributed by atoms with Crippen molar-refractivity contribution in [3.63, 3.8) is 0 Å². The summed E-state index contributed by atoms with van der Waals surface area (Å²) in [6.45, 7) is 4.04. The molecule has 0 aliphatic carbocycles. The predicted molar refractivity (Wildman–Crippen MR) is 88.5 cm³/mol. The summed E-state index contributed by atoms with van der Waals surface area (Å²) in [6, 6.07) is 5.79. The topological polar surface area (TPSA) is 90.1 Å². The Balaban J connectivity index is 1.95. The van der Waals surface area contributed by atoms with Crippen molar-refractivity contribution in [2.45, 2.75) is 20.3 Å². The molecule has 2 aromatic heterocycles. The number of fused-ring (bicyclic) bond motifs is 1. The molecule has 130 valence electrons. The summed E-state index contributed by atoms with van der Waals surface area (Å²) >= 11 is 0. The molecule has 25 heavy (non-hydrogen) atoms. The molecular formula is C17H17FN4O3. The molecule has 7 nitrogen and oxygen atoms in total. The number of aryl methyl sites for hydroxylation is 1. The Morgan fingerprint density at radius 3 is 2.76 bits per heavy atom. The Morgan fingerprint density at radius 2 is 2.04 bits per heavy atom. The van der Waals surface area contributed by atoms with E-state index in [0.717, 1.165) is 6.42 Å². The first-order chi connectivity index (χ1) is 12.1. The minimum Gasteiger partial charge on any atom is -0.467 e. The van der Waals surface area contributed by atoms with E-state index in [1.807, 2.05) is 6.92 Å². The number of rotatable bonds is 6. The SMILES string of the molecule is CCCNC(=O)COc1nc(C)nc2onc(-c3ccc(F)cc3)c12.